The van der Waals surface area contributed by atoms with Crippen LogP contribution in [0, 0.1) is 0 Å². The maximum atomic E-state index is 14.2. The number of carbonyl (C=O) groups is 2. The summed E-state index contributed by atoms with van der Waals surface area (Å²) in [6, 6.07) is 21.3. The molecule has 0 saturated carbocycles. The van der Waals surface area contributed by atoms with Gasteiger partial charge in [-0.1, -0.05) is 77.8 Å². The van der Waals surface area contributed by atoms with E-state index in [4.69, 9.17) is 28.9 Å². The molecule has 206 valence electrons. The van der Waals surface area contributed by atoms with Crippen LogP contribution in [-0.4, -0.2) is 47.0 Å². The largest absolute Gasteiger partial charge is 0.480 e. The highest BCUT2D eigenvalue weighted by Crippen LogP contribution is 2.36. The molecule has 1 aliphatic heterocycles. The number of aliphatic carboxylic acids is 1. The number of halogens is 2. The van der Waals surface area contributed by atoms with Crippen molar-refractivity contribution in [2.75, 3.05) is 13.1 Å². The van der Waals surface area contributed by atoms with Crippen LogP contribution in [-0.2, 0) is 17.9 Å². The zero-order valence-electron chi connectivity index (χ0n) is 21.7. The Hall–Kier alpha value is -2.78. The third-order valence-corrected chi connectivity index (χ3v) is 7.63. The number of rotatable bonds is 13. The van der Waals surface area contributed by atoms with Crippen molar-refractivity contribution in [1.29, 1.82) is 0 Å². The predicted molar refractivity (Wildman–Crippen MR) is 155 cm³/mol. The van der Waals surface area contributed by atoms with Crippen LogP contribution in [0.25, 0.3) is 0 Å². The third-order valence-electron chi connectivity index (χ3n) is 7.08. The lowest BCUT2D eigenvalue weighted by Gasteiger charge is -2.43. The fraction of sp³-hybridized carbons (Fsp3) is 0.333. The molecule has 3 aromatic rings. The van der Waals surface area contributed by atoms with Crippen LogP contribution >= 0.6 is 23.2 Å². The van der Waals surface area contributed by atoms with E-state index in [-0.39, 0.29) is 16.7 Å². The first-order valence-electron chi connectivity index (χ1n) is 13.2. The average Bonchev–Trinajstić information content (AvgIpc) is 2.92. The number of carboxylic acids is 1. The van der Waals surface area contributed by atoms with Gasteiger partial charge >= 0.3 is 5.97 Å². The van der Waals surface area contributed by atoms with E-state index < -0.39 is 18.1 Å². The number of nitrogens with one attached hydrogen (secondary N) is 2. The molecular formula is C30H34Cl2N4O3. The van der Waals surface area contributed by atoms with Crippen LogP contribution in [0.1, 0.15) is 52.2 Å². The molecule has 0 radical (unpaired) electrons. The van der Waals surface area contributed by atoms with Crippen molar-refractivity contribution < 1.29 is 14.7 Å². The third kappa shape index (κ3) is 7.45. The molecule has 0 aliphatic carbocycles. The van der Waals surface area contributed by atoms with Crippen LogP contribution in [0.3, 0.4) is 0 Å². The lowest BCUT2D eigenvalue weighted by atomic mass is 9.80. The lowest BCUT2D eigenvalue weighted by molar-refractivity contribution is -0.142. The Bertz CT molecular complexity index is 1270. The minimum atomic E-state index is -0.972. The fourth-order valence-electron chi connectivity index (χ4n) is 5.13. The highest BCUT2D eigenvalue weighted by Gasteiger charge is 2.41. The summed E-state index contributed by atoms with van der Waals surface area (Å²) in [6.45, 7) is 1.99. The molecule has 0 fully saturated rings. The number of hydrazine groups is 1. The van der Waals surface area contributed by atoms with Gasteiger partial charge in [0.1, 0.15) is 6.04 Å². The van der Waals surface area contributed by atoms with Crippen molar-refractivity contribution in [2.45, 2.75) is 50.4 Å². The van der Waals surface area contributed by atoms with E-state index in [1.165, 1.54) is 0 Å². The lowest BCUT2D eigenvalue weighted by Crippen LogP contribution is -2.59. The number of hydrogen-bond donors (Lipinski definition) is 4. The molecule has 7 nitrogen and oxygen atoms in total. The fourth-order valence-corrected chi connectivity index (χ4v) is 5.64. The Kier molecular flexibility index (Phi) is 10.5. The molecule has 1 aliphatic rings. The van der Waals surface area contributed by atoms with E-state index in [0.29, 0.717) is 49.6 Å². The number of nitrogens with zero attached hydrogens (tertiary/aromatic N) is 1. The van der Waals surface area contributed by atoms with Crippen LogP contribution < -0.4 is 16.5 Å². The van der Waals surface area contributed by atoms with E-state index in [0.717, 1.165) is 23.1 Å². The van der Waals surface area contributed by atoms with Gasteiger partial charge in [-0.3, -0.25) is 9.59 Å². The van der Waals surface area contributed by atoms with E-state index in [2.05, 4.69) is 10.7 Å². The molecule has 0 amide bonds. The van der Waals surface area contributed by atoms with Crippen molar-refractivity contribution in [3.8, 4) is 0 Å². The average molecular weight is 570 g/mol. The van der Waals surface area contributed by atoms with Gasteiger partial charge in [0.2, 0.25) is 0 Å². The molecule has 4 rings (SSSR count). The molecule has 0 saturated heterocycles. The smallest absolute Gasteiger partial charge is 0.322 e. The molecule has 1 heterocycles. The highest BCUT2D eigenvalue weighted by molar-refractivity contribution is 6.37. The Labute approximate surface area is 239 Å². The minimum absolute atomic E-state index is 0.198. The molecule has 0 bridgehead atoms. The number of unbranched alkanes of at least 4 members (excludes halogenated alkanes) is 1. The Morgan fingerprint density at radius 3 is 2.49 bits per heavy atom. The quantitative estimate of drug-likeness (QED) is 0.169. The Balaban J connectivity index is 1.70. The van der Waals surface area contributed by atoms with Crippen LogP contribution in [0.4, 0.5) is 0 Å². The monoisotopic (exact) mass is 568 g/mol. The van der Waals surface area contributed by atoms with Crippen molar-refractivity contribution in [3.05, 3.63) is 105 Å². The summed E-state index contributed by atoms with van der Waals surface area (Å²) in [5.74, 6) is -1.44. The molecule has 39 heavy (non-hydrogen) atoms. The van der Waals surface area contributed by atoms with Crippen molar-refractivity contribution >= 4 is 35.0 Å². The number of carbonyl (C=O) groups excluding carboxylic acids is 1. The zero-order valence-corrected chi connectivity index (χ0v) is 23.2. The summed E-state index contributed by atoms with van der Waals surface area (Å²) < 4.78 is 0. The Morgan fingerprint density at radius 2 is 1.77 bits per heavy atom. The van der Waals surface area contributed by atoms with Gasteiger partial charge in [-0.2, -0.15) is 0 Å². The number of hydrogen-bond acceptors (Lipinski definition) is 6. The maximum absolute atomic E-state index is 14.2. The van der Waals surface area contributed by atoms with Crippen LogP contribution in [0.15, 0.2) is 72.8 Å². The molecule has 2 unspecified atom stereocenters. The standard InChI is InChI=1S/C30H34Cl2N4O3/c31-22-13-14-24(26(32)16-22)29(37)28-25(18-34-17-20-8-2-1-3-9-20)23-11-5-4-10-21(23)19-36(28)35-27(30(38)39)12-6-7-15-33/h1-5,8-11,13-14,16,25,27-28,34-35H,6-7,12,15,17-19,33H2,(H,38,39)/t25?,27-,28?/m1/s1. The number of Topliss-reactive ketones (excluding diaryl/α,β-unsaturated/α-hetero) is 1. The molecule has 3 aromatic carbocycles. The topological polar surface area (TPSA) is 108 Å². The molecular weight excluding hydrogens is 535 g/mol. The predicted octanol–water partition coefficient (Wildman–Crippen LogP) is 5.02. The summed E-state index contributed by atoms with van der Waals surface area (Å²) in [7, 11) is 0. The number of fused-ring (bicyclic) bond motifs is 1. The van der Waals surface area contributed by atoms with Gasteiger partial charge in [-0.05, 0) is 60.7 Å². The summed E-state index contributed by atoms with van der Waals surface area (Å²) >= 11 is 12.6. The molecule has 9 heteroatoms. The summed E-state index contributed by atoms with van der Waals surface area (Å²) in [5, 5.41) is 16.0. The number of benzene rings is 3. The van der Waals surface area contributed by atoms with Crippen molar-refractivity contribution in [3.63, 3.8) is 0 Å². The van der Waals surface area contributed by atoms with Gasteiger partial charge in [0, 0.05) is 36.1 Å². The minimum Gasteiger partial charge on any atom is -0.480 e. The van der Waals surface area contributed by atoms with Crippen LogP contribution in [0.2, 0.25) is 10.0 Å². The molecule has 3 atom stereocenters. The van der Waals surface area contributed by atoms with E-state index >= 15 is 0 Å². The number of nitrogens with two attached hydrogens (primary N) is 1. The second-order valence-electron chi connectivity index (χ2n) is 9.79. The Morgan fingerprint density at radius 1 is 1.03 bits per heavy atom. The summed E-state index contributed by atoms with van der Waals surface area (Å²) in [5.41, 5.74) is 12.4. The zero-order chi connectivity index (χ0) is 27.8. The SMILES string of the molecule is NCCCC[C@@H](NN1Cc2ccccc2C(CNCc2ccccc2)C1C(=O)c1ccc(Cl)cc1Cl)C(=O)O. The van der Waals surface area contributed by atoms with Gasteiger partial charge in [0.25, 0.3) is 0 Å². The van der Waals surface area contributed by atoms with Crippen molar-refractivity contribution in [2.24, 2.45) is 5.73 Å². The maximum Gasteiger partial charge on any atom is 0.322 e. The summed E-state index contributed by atoms with van der Waals surface area (Å²) in [4.78, 5) is 26.4. The van der Waals surface area contributed by atoms with Gasteiger partial charge in [0.05, 0.1) is 11.1 Å². The van der Waals surface area contributed by atoms with Gasteiger partial charge in [0.15, 0.2) is 5.78 Å². The molecule has 5 N–H and O–H groups in total. The number of carboxylic acid groups (broad SMARTS) is 1. The second kappa shape index (κ2) is 14.0. The normalized spacial score (nSPS) is 17.9. The van der Waals surface area contributed by atoms with Crippen molar-refractivity contribution in [1.82, 2.24) is 15.8 Å². The highest BCUT2D eigenvalue weighted by atomic mass is 35.5. The van der Waals surface area contributed by atoms with Gasteiger partial charge in [-0.25, -0.2) is 10.4 Å². The van der Waals surface area contributed by atoms with Crippen LogP contribution in [0.5, 0.6) is 0 Å². The molecule has 0 spiro atoms. The summed E-state index contributed by atoms with van der Waals surface area (Å²) in [6.07, 6.45) is 1.78. The van der Waals surface area contributed by atoms with E-state index in [1.54, 1.807) is 23.2 Å². The van der Waals surface area contributed by atoms with E-state index in [9.17, 15) is 14.7 Å². The number of ketones is 1. The van der Waals surface area contributed by atoms with Gasteiger partial charge < -0.3 is 16.2 Å². The van der Waals surface area contributed by atoms with E-state index in [1.807, 2.05) is 54.6 Å². The first kappa shape index (κ1) is 29.2. The first-order chi connectivity index (χ1) is 18.9. The molecule has 0 aromatic heterocycles. The first-order valence-corrected chi connectivity index (χ1v) is 13.9. The second-order valence-corrected chi connectivity index (χ2v) is 10.6. The van der Waals surface area contributed by atoms with Gasteiger partial charge in [-0.15, -0.1) is 0 Å².